The van der Waals surface area contributed by atoms with Crippen LogP contribution >= 0.6 is 0 Å². The van der Waals surface area contributed by atoms with E-state index in [0.717, 1.165) is 48.2 Å². The summed E-state index contributed by atoms with van der Waals surface area (Å²) < 4.78 is 6.07. The van der Waals surface area contributed by atoms with Gasteiger partial charge >= 0.3 is 0 Å². The van der Waals surface area contributed by atoms with Gasteiger partial charge in [-0.1, -0.05) is 12.1 Å². The fourth-order valence-corrected chi connectivity index (χ4v) is 2.94. The molecule has 0 bridgehead atoms. The number of benzene rings is 2. The highest BCUT2D eigenvalue weighted by molar-refractivity contribution is 5.47. The van der Waals surface area contributed by atoms with E-state index in [2.05, 4.69) is 11.0 Å². The number of aromatic hydroxyl groups is 2. The minimum Gasteiger partial charge on any atom is -0.508 e. The van der Waals surface area contributed by atoms with Crippen LogP contribution in [0.5, 0.6) is 17.2 Å². The zero-order valence-corrected chi connectivity index (χ0v) is 13.6. The standard InChI is InChI=1S/C19H23NO3/c1-20(2)10-9-14-11-15-5-8-18(23-19(15)12-17(14)22)13-3-6-16(21)7-4-13/h3-4,6-7,11-12,18,21-22H,5,8-10H2,1-2H3/t18-/m0/s1. The zero-order valence-electron chi connectivity index (χ0n) is 13.6. The Hall–Kier alpha value is -2.20. The Kier molecular flexibility index (Phi) is 4.44. The topological polar surface area (TPSA) is 52.9 Å². The van der Waals surface area contributed by atoms with E-state index in [9.17, 15) is 10.2 Å². The molecule has 2 aromatic rings. The SMILES string of the molecule is CN(C)CCc1cc2c(cc1O)O[C@H](c1ccc(O)cc1)CC2. The third-order valence-corrected chi connectivity index (χ3v) is 4.30. The van der Waals surface area contributed by atoms with Gasteiger partial charge in [-0.05, 0) is 68.2 Å². The zero-order chi connectivity index (χ0) is 16.4. The van der Waals surface area contributed by atoms with Crippen molar-refractivity contribution in [3.05, 3.63) is 53.1 Å². The molecule has 23 heavy (non-hydrogen) atoms. The Morgan fingerprint density at radius 2 is 1.87 bits per heavy atom. The highest BCUT2D eigenvalue weighted by Gasteiger charge is 2.23. The summed E-state index contributed by atoms with van der Waals surface area (Å²) in [6, 6.07) is 10.9. The number of phenolic OH excluding ortho intramolecular Hbond substituents is 2. The Labute approximate surface area is 136 Å². The van der Waals surface area contributed by atoms with E-state index in [4.69, 9.17) is 4.74 Å². The predicted octanol–water partition coefficient (Wildman–Crippen LogP) is 3.27. The molecule has 4 heteroatoms. The van der Waals surface area contributed by atoms with Gasteiger partial charge in [0.2, 0.25) is 0 Å². The minimum absolute atomic E-state index is 0.0323. The number of nitrogens with zero attached hydrogens (tertiary/aromatic N) is 1. The van der Waals surface area contributed by atoms with Crippen molar-refractivity contribution in [3.63, 3.8) is 0 Å². The van der Waals surface area contributed by atoms with Gasteiger partial charge in [0.1, 0.15) is 23.4 Å². The maximum Gasteiger partial charge on any atom is 0.127 e. The van der Waals surface area contributed by atoms with E-state index in [1.54, 1.807) is 18.2 Å². The molecule has 1 atom stereocenters. The molecule has 0 saturated carbocycles. The van der Waals surface area contributed by atoms with Crippen molar-refractivity contribution in [2.45, 2.75) is 25.4 Å². The summed E-state index contributed by atoms with van der Waals surface area (Å²) in [5.41, 5.74) is 3.18. The van der Waals surface area contributed by atoms with Crippen LogP contribution in [0.25, 0.3) is 0 Å². The van der Waals surface area contributed by atoms with Crippen molar-refractivity contribution >= 4 is 0 Å². The molecule has 0 fully saturated rings. The van der Waals surface area contributed by atoms with Gasteiger partial charge in [-0.15, -0.1) is 0 Å². The maximum absolute atomic E-state index is 10.2. The molecule has 0 amide bonds. The van der Waals surface area contributed by atoms with E-state index in [1.807, 2.05) is 26.2 Å². The molecule has 2 N–H and O–H groups in total. The van der Waals surface area contributed by atoms with E-state index in [1.165, 1.54) is 0 Å². The lowest BCUT2D eigenvalue weighted by atomic mass is 9.95. The van der Waals surface area contributed by atoms with Crippen LogP contribution in [0.3, 0.4) is 0 Å². The average Bonchev–Trinajstić information content (AvgIpc) is 2.53. The lowest BCUT2D eigenvalue weighted by Crippen LogP contribution is -2.17. The van der Waals surface area contributed by atoms with Crippen LogP contribution in [0.15, 0.2) is 36.4 Å². The smallest absolute Gasteiger partial charge is 0.127 e. The first-order valence-corrected chi connectivity index (χ1v) is 7.98. The van der Waals surface area contributed by atoms with E-state index < -0.39 is 0 Å². The van der Waals surface area contributed by atoms with Gasteiger partial charge in [0, 0.05) is 12.6 Å². The predicted molar refractivity (Wildman–Crippen MR) is 90.2 cm³/mol. The van der Waals surface area contributed by atoms with Gasteiger partial charge in [-0.3, -0.25) is 0 Å². The molecule has 0 saturated heterocycles. The monoisotopic (exact) mass is 313 g/mol. The van der Waals surface area contributed by atoms with Crippen LogP contribution in [-0.2, 0) is 12.8 Å². The summed E-state index contributed by atoms with van der Waals surface area (Å²) in [4.78, 5) is 2.11. The molecule has 0 spiro atoms. The molecule has 122 valence electrons. The molecule has 0 aliphatic carbocycles. The number of hydrogen-bond donors (Lipinski definition) is 2. The Morgan fingerprint density at radius 3 is 2.57 bits per heavy atom. The van der Waals surface area contributed by atoms with E-state index >= 15 is 0 Å². The normalized spacial score (nSPS) is 16.9. The van der Waals surface area contributed by atoms with Gasteiger partial charge in [-0.2, -0.15) is 0 Å². The largest absolute Gasteiger partial charge is 0.508 e. The summed E-state index contributed by atoms with van der Waals surface area (Å²) in [7, 11) is 4.06. The average molecular weight is 313 g/mol. The maximum atomic E-state index is 10.2. The van der Waals surface area contributed by atoms with Crippen LogP contribution in [0.4, 0.5) is 0 Å². The number of rotatable bonds is 4. The van der Waals surface area contributed by atoms with Gasteiger partial charge in [0.05, 0.1) is 0 Å². The van der Waals surface area contributed by atoms with Crippen LogP contribution in [0.1, 0.15) is 29.2 Å². The second kappa shape index (κ2) is 6.50. The van der Waals surface area contributed by atoms with E-state index in [-0.39, 0.29) is 11.9 Å². The summed E-state index contributed by atoms with van der Waals surface area (Å²) in [5.74, 6) is 1.32. The number of fused-ring (bicyclic) bond motifs is 1. The summed E-state index contributed by atoms with van der Waals surface area (Å²) in [5, 5.41) is 19.6. The molecule has 1 aliphatic rings. The van der Waals surface area contributed by atoms with Crippen molar-refractivity contribution in [3.8, 4) is 17.2 Å². The highest BCUT2D eigenvalue weighted by Crippen LogP contribution is 2.38. The van der Waals surface area contributed by atoms with Gasteiger partial charge in [0.25, 0.3) is 0 Å². The molecular weight excluding hydrogens is 290 g/mol. The number of aryl methyl sites for hydroxylation is 1. The number of likely N-dealkylation sites (N-methyl/N-ethyl adjacent to an activating group) is 1. The van der Waals surface area contributed by atoms with Crippen LogP contribution in [0.2, 0.25) is 0 Å². The van der Waals surface area contributed by atoms with Crippen LogP contribution < -0.4 is 4.74 Å². The van der Waals surface area contributed by atoms with Crippen molar-refractivity contribution in [1.29, 1.82) is 0 Å². The molecule has 0 aromatic heterocycles. The molecular formula is C19H23NO3. The first-order chi connectivity index (χ1) is 11.0. The van der Waals surface area contributed by atoms with Gasteiger partial charge in [-0.25, -0.2) is 0 Å². The minimum atomic E-state index is -0.0323. The van der Waals surface area contributed by atoms with Crippen molar-refractivity contribution < 1.29 is 14.9 Å². The third kappa shape index (κ3) is 3.59. The fraction of sp³-hybridized carbons (Fsp3) is 0.368. The first kappa shape index (κ1) is 15.7. The Morgan fingerprint density at radius 1 is 1.13 bits per heavy atom. The fourth-order valence-electron chi connectivity index (χ4n) is 2.94. The molecule has 0 radical (unpaired) electrons. The molecule has 2 aromatic carbocycles. The third-order valence-electron chi connectivity index (χ3n) is 4.30. The van der Waals surface area contributed by atoms with Gasteiger partial charge < -0.3 is 19.8 Å². The Balaban J connectivity index is 1.78. The summed E-state index contributed by atoms with van der Waals surface area (Å²) in [6.07, 6.45) is 2.62. The molecule has 1 heterocycles. The van der Waals surface area contributed by atoms with E-state index in [0.29, 0.717) is 5.75 Å². The van der Waals surface area contributed by atoms with Crippen LogP contribution in [-0.4, -0.2) is 35.8 Å². The molecule has 4 nitrogen and oxygen atoms in total. The number of ether oxygens (including phenoxy) is 1. The van der Waals surface area contributed by atoms with Crippen molar-refractivity contribution in [2.24, 2.45) is 0 Å². The number of hydrogen-bond acceptors (Lipinski definition) is 4. The second-order valence-electron chi connectivity index (χ2n) is 6.38. The Bertz CT molecular complexity index is 680. The van der Waals surface area contributed by atoms with Gasteiger partial charge in [0.15, 0.2) is 0 Å². The summed E-state index contributed by atoms with van der Waals surface area (Å²) >= 11 is 0. The van der Waals surface area contributed by atoms with Crippen LogP contribution in [0, 0.1) is 0 Å². The summed E-state index contributed by atoms with van der Waals surface area (Å²) in [6.45, 7) is 0.906. The number of phenols is 2. The second-order valence-corrected chi connectivity index (χ2v) is 6.38. The molecule has 0 unspecified atom stereocenters. The molecule has 3 rings (SSSR count). The van der Waals surface area contributed by atoms with Crippen molar-refractivity contribution in [1.82, 2.24) is 4.90 Å². The molecule has 1 aliphatic heterocycles. The lowest BCUT2D eigenvalue weighted by molar-refractivity contribution is 0.175. The van der Waals surface area contributed by atoms with Crippen molar-refractivity contribution in [2.75, 3.05) is 20.6 Å². The highest BCUT2D eigenvalue weighted by atomic mass is 16.5. The first-order valence-electron chi connectivity index (χ1n) is 7.98. The lowest BCUT2D eigenvalue weighted by Gasteiger charge is -2.27. The quantitative estimate of drug-likeness (QED) is 0.909.